The second kappa shape index (κ2) is 7.53. The molecule has 0 radical (unpaired) electrons. The van der Waals surface area contributed by atoms with Crippen LogP contribution in [0.4, 0.5) is 4.39 Å². The summed E-state index contributed by atoms with van der Waals surface area (Å²) >= 11 is 0. The van der Waals surface area contributed by atoms with Gasteiger partial charge in [-0.2, -0.15) is 0 Å². The zero-order valence-electron chi connectivity index (χ0n) is 13.3. The summed E-state index contributed by atoms with van der Waals surface area (Å²) in [6.07, 6.45) is 0. The lowest BCUT2D eigenvalue weighted by Crippen LogP contribution is -2.15. The SMILES string of the molecule is O=C(COC(=O)c1ccccc1-c1ccccc1)c1ccc(F)cc1. The molecule has 0 aliphatic carbocycles. The van der Waals surface area contributed by atoms with Crippen LogP contribution in [0.2, 0.25) is 0 Å². The molecule has 25 heavy (non-hydrogen) atoms. The molecule has 124 valence electrons. The topological polar surface area (TPSA) is 43.4 Å². The monoisotopic (exact) mass is 334 g/mol. The number of carbonyl (C=O) groups is 2. The first kappa shape index (κ1) is 16.6. The number of hydrogen-bond acceptors (Lipinski definition) is 3. The number of benzene rings is 3. The number of esters is 1. The van der Waals surface area contributed by atoms with Crippen molar-refractivity contribution in [2.45, 2.75) is 0 Å². The lowest BCUT2D eigenvalue weighted by atomic mass is 10.00. The van der Waals surface area contributed by atoms with E-state index in [0.29, 0.717) is 11.1 Å². The Morgan fingerprint density at radius 3 is 2.16 bits per heavy atom. The van der Waals surface area contributed by atoms with Crippen LogP contribution in [-0.4, -0.2) is 18.4 Å². The van der Waals surface area contributed by atoms with Crippen molar-refractivity contribution < 1.29 is 18.7 Å². The molecule has 0 fully saturated rings. The fraction of sp³-hybridized carbons (Fsp3) is 0.0476. The molecule has 0 unspecified atom stereocenters. The Morgan fingerprint density at radius 2 is 1.44 bits per heavy atom. The number of halogens is 1. The van der Waals surface area contributed by atoms with E-state index in [-0.39, 0.29) is 5.78 Å². The van der Waals surface area contributed by atoms with E-state index in [2.05, 4.69) is 0 Å². The minimum atomic E-state index is -0.574. The molecule has 3 aromatic carbocycles. The van der Waals surface area contributed by atoms with Crippen LogP contribution >= 0.6 is 0 Å². The summed E-state index contributed by atoms with van der Waals surface area (Å²) in [5.74, 6) is -1.38. The average Bonchev–Trinajstić information content (AvgIpc) is 2.67. The fourth-order valence-electron chi connectivity index (χ4n) is 2.46. The zero-order valence-corrected chi connectivity index (χ0v) is 13.3. The van der Waals surface area contributed by atoms with Gasteiger partial charge in [0.25, 0.3) is 0 Å². The summed E-state index contributed by atoms with van der Waals surface area (Å²) in [4.78, 5) is 24.4. The fourth-order valence-corrected chi connectivity index (χ4v) is 2.46. The second-order valence-corrected chi connectivity index (χ2v) is 5.42. The molecular weight excluding hydrogens is 319 g/mol. The van der Waals surface area contributed by atoms with Gasteiger partial charge < -0.3 is 4.74 Å². The Kier molecular flexibility index (Phi) is 5.00. The molecule has 0 N–H and O–H groups in total. The van der Waals surface area contributed by atoms with Gasteiger partial charge in [0.2, 0.25) is 0 Å². The number of ether oxygens (including phenoxy) is 1. The maximum Gasteiger partial charge on any atom is 0.339 e. The molecule has 3 aromatic rings. The predicted octanol–water partition coefficient (Wildman–Crippen LogP) is 4.53. The predicted molar refractivity (Wildman–Crippen MR) is 92.9 cm³/mol. The van der Waals surface area contributed by atoms with Crippen molar-refractivity contribution >= 4 is 11.8 Å². The van der Waals surface area contributed by atoms with Crippen LogP contribution in [0, 0.1) is 5.82 Å². The maximum absolute atomic E-state index is 12.9. The average molecular weight is 334 g/mol. The van der Waals surface area contributed by atoms with Gasteiger partial charge in [-0.1, -0.05) is 48.5 Å². The summed E-state index contributed by atoms with van der Waals surface area (Å²) in [6.45, 7) is -0.395. The second-order valence-electron chi connectivity index (χ2n) is 5.42. The van der Waals surface area contributed by atoms with Gasteiger partial charge in [-0.05, 0) is 41.5 Å². The van der Waals surface area contributed by atoms with Crippen molar-refractivity contribution in [2.24, 2.45) is 0 Å². The van der Waals surface area contributed by atoms with Gasteiger partial charge in [0, 0.05) is 5.56 Å². The first-order valence-electron chi connectivity index (χ1n) is 7.75. The minimum Gasteiger partial charge on any atom is -0.454 e. The molecule has 0 heterocycles. The van der Waals surface area contributed by atoms with Gasteiger partial charge in [-0.15, -0.1) is 0 Å². The number of ketones is 1. The molecule has 0 aliphatic rings. The summed E-state index contributed by atoms with van der Waals surface area (Å²) in [5.41, 5.74) is 2.31. The van der Waals surface area contributed by atoms with Crippen molar-refractivity contribution in [3.05, 3.63) is 95.8 Å². The molecule has 4 heteroatoms. The molecule has 3 rings (SSSR count). The minimum absolute atomic E-state index is 0.297. The van der Waals surface area contributed by atoms with Crippen LogP contribution < -0.4 is 0 Å². The third kappa shape index (κ3) is 3.98. The third-order valence-electron chi connectivity index (χ3n) is 3.73. The molecule has 3 nitrogen and oxygen atoms in total. The normalized spacial score (nSPS) is 10.3. The highest BCUT2D eigenvalue weighted by Gasteiger charge is 2.15. The van der Waals surface area contributed by atoms with Crippen LogP contribution in [0.25, 0.3) is 11.1 Å². The van der Waals surface area contributed by atoms with Gasteiger partial charge in [-0.25, -0.2) is 9.18 Å². The molecule has 0 bridgehead atoms. The number of hydrogen-bond donors (Lipinski definition) is 0. The van der Waals surface area contributed by atoms with E-state index in [1.165, 1.54) is 24.3 Å². The van der Waals surface area contributed by atoms with E-state index < -0.39 is 18.4 Å². The molecular formula is C21H15FO3. The summed E-state index contributed by atoms with van der Waals surface area (Å²) in [7, 11) is 0. The van der Waals surface area contributed by atoms with E-state index in [1.54, 1.807) is 12.1 Å². The maximum atomic E-state index is 12.9. The largest absolute Gasteiger partial charge is 0.454 e. The van der Waals surface area contributed by atoms with Crippen LogP contribution in [0.15, 0.2) is 78.9 Å². The summed E-state index contributed by atoms with van der Waals surface area (Å²) < 4.78 is 18.0. The van der Waals surface area contributed by atoms with E-state index in [0.717, 1.165) is 11.1 Å². The molecule has 0 spiro atoms. The molecule has 0 saturated carbocycles. The third-order valence-corrected chi connectivity index (χ3v) is 3.73. The van der Waals surface area contributed by atoms with E-state index in [9.17, 15) is 14.0 Å². The Bertz CT molecular complexity index is 887. The van der Waals surface area contributed by atoms with Gasteiger partial charge in [0.05, 0.1) is 5.56 Å². The van der Waals surface area contributed by atoms with E-state index in [1.807, 2.05) is 42.5 Å². The van der Waals surface area contributed by atoms with Crippen LogP contribution in [-0.2, 0) is 4.74 Å². The van der Waals surface area contributed by atoms with Crippen molar-refractivity contribution in [1.29, 1.82) is 0 Å². The smallest absolute Gasteiger partial charge is 0.339 e. The molecule has 0 saturated heterocycles. The Hall–Kier alpha value is -3.27. The Labute approximate surface area is 144 Å². The Morgan fingerprint density at radius 1 is 0.800 bits per heavy atom. The summed E-state index contributed by atoms with van der Waals surface area (Å²) in [6, 6.07) is 21.6. The van der Waals surface area contributed by atoms with Gasteiger partial charge in [0.1, 0.15) is 5.82 Å². The molecule has 0 aromatic heterocycles. The highest BCUT2D eigenvalue weighted by molar-refractivity contribution is 6.01. The lowest BCUT2D eigenvalue weighted by molar-refractivity contribution is 0.0475. The molecule has 0 aliphatic heterocycles. The van der Waals surface area contributed by atoms with Crippen molar-refractivity contribution in [2.75, 3.05) is 6.61 Å². The lowest BCUT2D eigenvalue weighted by Gasteiger charge is -2.09. The van der Waals surface area contributed by atoms with Crippen LogP contribution in [0.5, 0.6) is 0 Å². The number of Topliss-reactive ketones (excluding diaryl/α,β-unsaturated/α-hetero) is 1. The van der Waals surface area contributed by atoms with Crippen molar-refractivity contribution in [1.82, 2.24) is 0 Å². The van der Waals surface area contributed by atoms with Crippen LogP contribution in [0.3, 0.4) is 0 Å². The first-order chi connectivity index (χ1) is 12.1. The Balaban J connectivity index is 1.74. The van der Waals surface area contributed by atoms with E-state index in [4.69, 9.17) is 4.74 Å². The number of carbonyl (C=O) groups excluding carboxylic acids is 2. The highest BCUT2D eigenvalue weighted by Crippen LogP contribution is 2.24. The number of rotatable bonds is 5. The van der Waals surface area contributed by atoms with E-state index >= 15 is 0 Å². The summed E-state index contributed by atoms with van der Waals surface area (Å²) in [5, 5.41) is 0. The van der Waals surface area contributed by atoms with Gasteiger partial charge in [-0.3, -0.25) is 4.79 Å². The standard InChI is InChI=1S/C21H15FO3/c22-17-12-10-16(11-13-17)20(23)14-25-21(24)19-9-5-4-8-18(19)15-6-2-1-3-7-15/h1-13H,14H2. The molecule has 0 atom stereocenters. The zero-order chi connectivity index (χ0) is 17.6. The van der Waals surface area contributed by atoms with Crippen molar-refractivity contribution in [3.63, 3.8) is 0 Å². The van der Waals surface area contributed by atoms with Gasteiger partial charge >= 0.3 is 5.97 Å². The van der Waals surface area contributed by atoms with Crippen molar-refractivity contribution in [3.8, 4) is 11.1 Å². The highest BCUT2D eigenvalue weighted by atomic mass is 19.1. The van der Waals surface area contributed by atoms with Gasteiger partial charge in [0.15, 0.2) is 12.4 Å². The molecule has 0 amide bonds. The van der Waals surface area contributed by atoms with Crippen LogP contribution in [0.1, 0.15) is 20.7 Å². The first-order valence-corrected chi connectivity index (χ1v) is 7.75. The quantitative estimate of drug-likeness (QED) is 0.508.